The van der Waals surface area contributed by atoms with E-state index in [-0.39, 0.29) is 67.0 Å². The summed E-state index contributed by atoms with van der Waals surface area (Å²) in [6.45, 7) is 24.8. The molecule has 1 unspecified atom stereocenters. The molecule has 1 atom stereocenters. The van der Waals surface area contributed by atoms with Gasteiger partial charge in [-0.05, 0) is 146 Å². The van der Waals surface area contributed by atoms with Crippen LogP contribution in [0.4, 0.5) is 0 Å². The number of rotatable bonds is 21. The highest BCUT2D eigenvalue weighted by molar-refractivity contribution is 6.07. The summed E-state index contributed by atoms with van der Waals surface area (Å²) in [6, 6.07) is 57.6. The number of nitrogens with one attached hydrogen (secondary N) is 3. The third kappa shape index (κ3) is 15.8. The zero-order valence-corrected chi connectivity index (χ0v) is 52.0. The number of aromatic nitrogens is 1. The number of fused-ring (bicyclic) bond motifs is 3. The van der Waals surface area contributed by atoms with Gasteiger partial charge in [-0.2, -0.15) is 5.10 Å². The van der Waals surface area contributed by atoms with Crippen LogP contribution in [0.2, 0.25) is 0 Å². The van der Waals surface area contributed by atoms with Crippen LogP contribution < -0.4 is 18.9 Å². The Labute approximate surface area is 517 Å². The molecule has 0 aliphatic heterocycles. The number of aromatic amines is 1. The van der Waals surface area contributed by atoms with Crippen molar-refractivity contribution in [3.8, 4) is 28.7 Å². The van der Waals surface area contributed by atoms with Crippen LogP contribution in [0.25, 0.3) is 21.8 Å². The molecule has 0 saturated carbocycles. The minimum Gasteiger partial charge on any atom is -0.489 e. The fraction of sp³-hybridized carbons (Fsp3) is 0.263. The number of benzene rings is 8. The zero-order chi connectivity index (χ0) is 62.0. The smallest absolute Gasteiger partial charge is 0.240 e. The second-order valence-corrected chi connectivity index (χ2v) is 25.4. The molecule has 0 saturated heterocycles. The third-order valence-corrected chi connectivity index (χ3v) is 15.6. The summed E-state index contributed by atoms with van der Waals surface area (Å²) in [6.07, 6.45) is 7.55. The van der Waals surface area contributed by atoms with Crippen LogP contribution in [-0.2, 0) is 58.1 Å². The van der Waals surface area contributed by atoms with Crippen molar-refractivity contribution < 1.29 is 33.2 Å². The SMILES string of the molecule is C=N/N=C(\OCC1C=CC(C(C)(C)C)=CC1)c1ccc(Oc2c(OCc3ccc(COC(=N)c4ccc(C(C)(C)C)cc4)cc3)cc(COc3ccc4c(c3)[nH]c3ccccc34)cc2OCc2ccc(COC(=N)c3ccc(C(C)(C)C)cc3)cc2)cc1. The summed E-state index contributed by atoms with van der Waals surface area (Å²) in [7, 11) is 0. The summed E-state index contributed by atoms with van der Waals surface area (Å²) in [5, 5.41) is 27.7. The van der Waals surface area contributed by atoms with E-state index in [9.17, 15) is 0 Å². The molecule has 0 bridgehead atoms. The standard InChI is InChI=1S/C76H79N5O7/c1-74(2,3)59-31-23-54(24-32-59)48-87-73(81-79-10)58-29-37-62(38-30-58)88-70-68(83-44-50-15-19-52(20-16-50)46-85-71(77)56-25-33-60(34-26-56)75(4,5)6)41-55(49-82-63-39-40-65-64-13-11-12-14-66(64)80-67(65)43-63)42-69(70)84-45-51-17-21-53(22-18-51)47-86-72(78)57-27-35-61(36-28-57)76(7,8)9/h11-23,25-43,54,77-78,80H,10,24,44-49H2,1-9H3/b77-71?,78-72?,81-73-. The molecule has 1 heterocycles. The molecule has 10 rings (SSSR count). The molecule has 9 aromatic rings. The Morgan fingerprint density at radius 2 is 0.989 bits per heavy atom. The molecule has 1 aromatic heterocycles. The maximum absolute atomic E-state index is 8.65. The fourth-order valence-electron chi connectivity index (χ4n) is 10.2. The quantitative estimate of drug-likeness (QED) is 0.0368. The zero-order valence-electron chi connectivity index (χ0n) is 52.0. The molecule has 8 aromatic carbocycles. The van der Waals surface area contributed by atoms with Gasteiger partial charge in [0.2, 0.25) is 23.4 Å². The van der Waals surface area contributed by atoms with Crippen LogP contribution in [0, 0.1) is 22.2 Å². The van der Waals surface area contributed by atoms with E-state index < -0.39 is 0 Å². The van der Waals surface area contributed by atoms with Gasteiger partial charge < -0.3 is 38.1 Å². The summed E-state index contributed by atoms with van der Waals surface area (Å²) < 4.78 is 45.2. The molecule has 88 heavy (non-hydrogen) atoms. The number of H-pyrrole nitrogens is 1. The van der Waals surface area contributed by atoms with Crippen LogP contribution in [0.5, 0.6) is 28.7 Å². The first kappa shape index (κ1) is 61.4. The first-order valence-electron chi connectivity index (χ1n) is 29.9. The highest BCUT2D eigenvalue weighted by Crippen LogP contribution is 2.43. The Hall–Kier alpha value is -9.68. The van der Waals surface area contributed by atoms with E-state index in [4.69, 9.17) is 44.0 Å². The molecule has 1 aliphatic carbocycles. The monoisotopic (exact) mass is 1170 g/mol. The van der Waals surface area contributed by atoms with Gasteiger partial charge >= 0.3 is 0 Å². The Morgan fingerprint density at radius 1 is 0.500 bits per heavy atom. The largest absolute Gasteiger partial charge is 0.489 e. The summed E-state index contributed by atoms with van der Waals surface area (Å²) in [5.41, 5.74) is 12.4. The molecular formula is C76H79N5O7. The molecule has 1 aliphatic rings. The summed E-state index contributed by atoms with van der Waals surface area (Å²) >= 11 is 0. The predicted molar refractivity (Wildman–Crippen MR) is 355 cm³/mol. The van der Waals surface area contributed by atoms with Gasteiger partial charge in [-0.3, -0.25) is 10.8 Å². The van der Waals surface area contributed by atoms with E-state index >= 15 is 0 Å². The van der Waals surface area contributed by atoms with Gasteiger partial charge in [-0.15, -0.1) is 5.10 Å². The highest BCUT2D eigenvalue weighted by Gasteiger charge is 2.23. The van der Waals surface area contributed by atoms with Crippen LogP contribution >= 0.6 is 0 Å². The first-order valence-corrected chi connectivity index (χ1v) is 29.9. The Balaban J connectivity index is 0.908. The lowest BCUT2D eigenvalue weighted by Crippen LogP contribution is -2.17. The number of hydrogen-bond acceptors (Lipinski definition) is 11. The predicted octanol–water partition coefficient (Wildman–Crippen LogP) is 18.5. The molecule has 12 heteroatoms. The van der Waals surface area contributed by atoms with Crippen molar-refractivity contribution in [3.05, 3.63) is 255 Å². The van der Waals surface area contributed by atoms with Gasteiger partial charge in [0.15, 0.2) is 11.5 Å². The van der Waals surface area contributed by atoms with Gasteiger partial charge in [-0.25, -0.2) is 0 Å². The Kier molecular flexibility index (Phi) is 18.8. The minimum absolute atomic E-state index is 0.0132. The number of allylic oxidation sites excluding steroid dienone is 3. The lowest BCUT2D eigenvalue weighted by atomic mass is 9.82. The topological polar surface area (TPSA) is 153 Å². The normalized spacial score (nSPS) is 13.6. The van der Waals surface area contributed by atoms with E-state index in [1.165, 1.54) is 16.7 Å². The van der Waals surface area contributed by atoms with E-state index in [0.717, 1.165) is 67.2 Å². The van der Waals surface area contributed by atoms with Crippen molar-refractivity contribution in [2.24, 2.45) is 21.5 Å². The van der Waals surface area contributed by atoms with Gasteiger partial charge in [-0.1, -0.05) is 172 Å². The van der Waals surface area contributed by atoms with E-state index in [2.05, 4.69) is 145 Å². The van der Waals surface area contributed by atoms with Crippen LogP contribution in [0.15, 0.2) is 210 Å². The number of nitrogens with zero attached hydrogens (tertiary/aromatic N) is 2. The molecule has 3 N–H and O–H groups in total. The maximum atomic E-state index is 8.65. The van der Waals surface area contributed by atoms with Crippen LogP contribution in [0.1, 0.15) is 124 Å². The van der Waals surface area contributed by atoms with E-state index in [1.807, 2.05) is 133 Å². The van der Waals surface area contributed by atoms with Gasteiger partial charge in [0.1, 0.15) is 44.5 Å². The number of hydrogen-bond donors (Lipinski definition) is 3. The van der Waals surface area contributed by atoms with Gasteiger partial charge in [0, 0.05) is 51.7 Å². The molecule has 0 spiro atoms. The van der Waals surface area contributed by atoms with Crippen LogP contribution in [0.3, 0.4) is 0 Å². The lowest BCUT2D eigenvalue weighted by molar-refractivity contribution is 0.261. The molecule has 12 nitrogen and oxygen atoms in total. The lowest BCUT2D eigenvalue weighted by Gasteiger charge is -2.25. The first-order chi connectivity index (χ1) is 42.2. The highest BCUT2D eigenvalue weighted by atomic mass is 16.5. The summed E-state index contributed by atoms with van der Waals surface area (Å²) in [4.78, 5) is 3.53. The maximum Gasteiger partial charge on any atom is 0.240 e. The Morgan fingerprint density at radius 3 is 1.49 bits per heavy atom. The van der Waals surface area contributed by atoms with Crippen molar-refractivity contribution >= 4 is 46.2 Å². The second-order valence-electron chi connectivity index (χ2n) is 25.4. The van der Waals surface area contributed by atoms with Crippen molar-refractivity contribution in [1.29, 1.82) is 10.8 Å². The van der Waals surface area contributed by atoms with Crippen molar-refractivity contribution in [2.45, 2.75) is 113 Å². The molecule has 0 fully saturated rings. The van der Waals surface area contributed by atoms with Crippen molar-refractivity contribution in [2.75, 3.05) is 6.61 Å². The fourth-order valence-corrected chi connectivity index (χ4v) is 10.2. The Bertz CT molecular complexity index is 3870. The van der Waals surface area contributed by atoms with Crippen molar-refractivity contribution in [3.63, 3.8) is 0 Å². The molecule has 450 valence electrons. The number of para-hydroxylation sites is 1. The van der Waals surface area contributed by atoms with Crippen molar-refractivity contribution in [1.82, 2.24) is 4.98 Å². The average molecular weight is 1170 g/mol. The van der Waals surface area contributed by atoms with Gasteiger partial charge in [0.25, 0.3) is 0 Å². The number of ether oxygens (including phenoxy) is 7. The van der Waals surface area contributed by atoms with Crippen LogP contribution in [-0.4, -0.2) is 36.0 Å². The summed E-state index contributed by atoms with van der Waals surface area (Å²) in [5.74, 6) is 3.19. The minimum atomic E-state index is 0.0132. The average Bonchev–Trinajstić information content (AvgIpc) is 2.19. The molecule has 0 amide bonds. The van der Waals surface area contributed by atoms with E-state index in [0.29, 0.717) is 46.8 Å². The van der Waals surface area contributed by atoms with Gasteiger partial charge in [0.05, 0.1) is 12.1 Å². The molecule has 0 radical (unpaired) electrons. The second kappa shape index (κ2) is 26.9. The third-order valence-electron chi connectivity index (χ3n) is 15.6. The molecular weight excluding hydrogens is 1090 g/mol. The van der Waals surface area contributed by atoms with E-state index in [1.54, 1.807) is 0 Å².